The van der Waals surface area contributed by atoms with Crippen LogP contribution < -0.4 is 0 Å². The maximum absolute atomic E-state index is 4.58. The van der Waals surface area contributed by atoms with Crippen LogP contribution in [0.4, 0.5) is 0 Å². The van der Waals surface area contributed by atoms with Gasteiger partial charge >= 0.3 is 0 Å². The summed E-state index contributed by atoms with van der Waals surface area (Å²) >= 11 is 0. The van der Waals surface area contributed by atoms with Crippen molar-refractivity contribution in [3.63, 3.8) is 0 Å². The average Bonchev–Trinajstić information content (AvgIpc) is 3.29. The Hall–Kier alpha value is -2.19. The topological polar surface area (TPSA) is 35.6 Å². The predicted molar refractivity (Wildman–Crippen MR) is 149 cm³/mol. The molecule has 178 valence electrons. The summed E-state index contributed by atoms with van der Waals surface area (Å²) < 4.78 is 4.88. The number of nitrogens with zero attached hydrogens (tertiary/aromatic N) is 4. The van der Waals surface area contributed by atoms with Gasteiger partial charge in [-0.2, -0.15) is 0 Å². The van der Waals surface area contributed by atoms with Crippen LogP contribution in [-0.4, -0.2) is 34.9 Å². The molecule has 0 aliphatic carbocycles. The highest BCUT2D eigenvalue weighted by molar-refractivity contribution is 6.79. The summed E-state index contributed by atoms with van der Waals surface area (Å²) in [6.45, 7) is 25.8. The number of hydrogen-bond acceptors (Lipinski definition) is 2. The van der Waals surface area contributed by atoms with E-state index in [1.54, 1.807) is 0 Å². The van der Waals surface area contributed by atoms with Gasteiger partial charge in [-0.3, -0.25) is 0 Å². The summed E-state index contributed by atoms with van der Waals surface area (Å²) in [4.78, 5) is 9.10. The molecule has 6 heteroatoms. The van der Waals surface area contributed by atoms with Crippen LogP contribution in [0.1, 0.15) is 47.1 Å². The van der Waals surface area contributed by atoms with Crippen molar-refractivity contribution in [2.75, 3.05) is 0 Å². The number of aromatic nitrogens is 4. The molecule has 0 bridgehead atoms. The standard InChI is InChI=1S/C14H22N2Si.C13H20N2Si/c1-11-10-16(17(5,6)14(2,3)4)13-12(11)8-7-9-15-13;1-13(2,3)16(4,5)15-10-8-11-7-6-9-14-12(11)15/h7-10H,1-6H3;6-10H,1-5H3. The first kappa shape index (κ1) is 25.4. The Kier molecular flexibility index (Phi) is 6.59. The van der Waals surface area contributed by atoms with Crippen LogP contribution in [-0.2, 0) is 0 Å². The minimum atomic E-state index is -1.57. The maximum Gasteiger partial charge on any atom is 0.163 e. The van der Waals surface area contributed by atoms with Crippen molar-refractivity contribution in [2.24, 2.45) is 0 Å². The van der Waals surface area contributed by atoms with Crippen molar-refractivity contribution in [3.05, 3.63) is 60.7 Å². The quantitative estimate of drug-likeness (QED) is 0.273. The van der Waals surface area contributed by atoms with Crippen LogP contribution in [0.15, 0.2) is 55.1 Å². The first-order valence-corrected chi connectivity index (χ1v) is 17.8. The number of hydrogen-bond donors (Lipinski definition) is 0. The van der Waals surface area contributed by atoms with Gasteiger partial charge in [0.1, 0.15) is 11.3 Å². The van der Waals surface area contributed by atoms with Crippen molar-refractivity contribution < 1.29 is 0 Å². The lowest BCUT2D eigenvalue weighted by Crippen LogP contribution is -2.45. The molecule has 0 atom stereocenters. The Bertz CT molecular complexity index is 1250. The van der Waals surface area contributed by atoms with E-state index in [0.29, 0.717) is 10.1 Å². The number of aryl methyl sites for hydroxylation is 1. The summed E-state index contributed by atoms with van der Waals surface area (Å²) in [5, 5.41) is 3.18. The van der Waals surface area contributed by atoms with E-state index in [1.807, 2.05) is 24.5 Å². The van der Waals surface area contributed by atoms with Crippen LogP contribution in [0.3, 0.4) is 0 Å². The molecule has 0 fully saturated rings. The summed E-state index contributed by atoms with van der Waals surface area (Å²) in [5.41, 5.74) is 3.61. The lowest BCUT2D eigenvalue weighted by Gasteiger charge is -2.38. The average molecular weight is 479 g/mol. The van der Waals surface area contributed by atoms with Gasteiger partial charge in [-0.15, -0.1) is 0 Å². The molecule has 4 heterocycles. The number of pyridine rings is 2. The van der Waals surface area contributed by atoms with E-state index in [4.69, 9.17) is 0 Å². The minimum Gasteiger partial charge on any atom is -0.359 e. The van der Waals surface area contributed by atoms with Gasteiger partial charge in [0.15, 0.2) is 16.5 Å². The third kappa shape index (κ3) is 4.60. The number of fused-ring (bicyclic) bond motifs is 2. The zero-order chi connectivity index (χ0) is 24.8. The van der Waals surface area contributed by atoms with Crippen LogP contribution in [0.25, 0.3) is 22.1 Å². The van der Waals surface area contributed by atoms with Gasteiger partial charge in [0, 0.05) is 29.4 Å². The molecule has 0 aliphatic heterocycles. The van der Waals surface area contributed by atoms with Crippen molar-refractivity contribution in [3.8, 4) is 0 Å². The second-order valence-electron chi connectivity index (χ2n) is 12.3. The van der Waals surface area contributed by atoms with Crippen LogP contribution in [0, 0.1) is 6.92 Å². The Morgan fingerprint density at radius 1 is 0.697 bits per heavy atom. The van der Waals surface area contributed by atoms with Crippen molar-refractivity contribution in [2.45, 2.75) is 84.7 Å². The maximum atomic E-state index is 4.58. The second kappa shape index (κ2) is 8.55. The molecule has 0 radical (unpaired) electrons. The molecule has 33 heavy (non-hydrogen) atoms. The van der Waals surface area contributed by atoms with Gasteiger partial charge in [-0.05, 0) is 59.1 Å². The normalized spacial score (nSPS) is 13.3. The van der Waals surface area contributed by atoms with E-state index in [1.165, 1.54) is 16.3 Å². The molecular weight excluding hydrogens is 436 g/mol. The Balaban J connectivity index is 0.000000186. The molecule has 0 aromatic carbocycles. The highest BCUT2D eigenvalue weighted by Crippen LogP contribution is 2.39. The molecule has 0 spiro atoms. The molecule has 4 rings (SSSR count). The first-order valence-electron chi connectivity index (χ1n) is 11.9. The number of rotatable bonds is 2. The summed E-state index contributed by atoms with van der Waals surface area (Å²) in [6.07, 6.45) is 8.27. The fraction of sp³-hybridized carbons (Fsp3) is 0.481. The Morgan fingerprint density at radius 3 is 1.79 bits per heavy atom. The molecule has 4 nitrogen and oxygen atoms in total. The van der Waals surface area contributed by atoms with Gasteiger partial charge in [0.2, 0.25) is 0 Å². The third-order valence-electron chi connectivity index (χ3n) is 8.09. The van der Waals surface area contributed by atoms with Gasteiger partial charge in [0.25, 0.3) is 0 Å². The molecule has 0 saturated heterocycles. The van der Waals surface area contributed by atoms with E-state index in [2.05, 4.69) is 124 Å². The zero-order valence-corrected chi connectivity index (χ0v) is 24.5. The molecule has 0 unspecified atom stereocenters. The summed E-state index contributed by atoms with van der Waals surface area (Å²) in [6, 6.07) is 10.5. The predicted octanol–water partition coefficient (Wildman–Crippen LogP) is 8.09. The van der Waals surface area contributed by atoms with Gasteiger partial charge in [0.05, 0.1) is 0 Å². The van der Waals surface area contributed by atoms with Crippen LogP contribution in [0.2, 0.25) is 36.3 Å². The van der Waals surface area contributed by atoms with Crippen LogP contribution in [0.5, 0.6) is 0 Å². The molecule has 4 aromatic heterocycles. The molecule has 4 aromatic rings. The highest BCUT2D eigenvalue weighted by Gasteiger charge is 2.39. The molecular formula is C27H42N4Si2. The smallest absolute Gasteiger partial charge is 0.163 e. The summed E-state index contributed by atoms with van der Waals surface area (Å²) in [5.74, 6) is 0. The van der Waals surface area contributed by atoms with E-state index >= 15 is 0 Å². The van der Waals surface area contributed by atoms with E-state index in [-0.39, 0.29) is 0 Å². The highest BCUT2D eigenvalue weighted by atomic mass is 28.3. The SMILES string of the molecule is CC(C)(C)[Si](C)(C)n1ccc2cccnc21.Cc1cn([Si](C)(C)C(C)(C)C)c2ncccc12. The largest absolute Gasteiger partial charge is 0.359 e. The Morgan fingerprint density at radius 2 is 1.21 bits per heavy atom. The lowest BCUT2D eigenvalue weighted by atomic mass is 10.2. The second-order valence-corrected chi connectivity index (χ2v) is 22.5. The Labute approximate surface area is 202 Å². The van der Waals surface area contributed by atoms with Crippen molar-refractivity contribution >= 4 is 38.5 Å². The van der Waals surface area contributed by atoms with E-state index < -0.39 is 16.5 Å². The molecule has 0 aliphatic rings. The monoisotopic (exact) mass is 478 g/mol. The first-order chi connectivity index (χ1) is 15.1. The van der Waals surface area contributed by atoms with Gasteiger partial charge in [-0.25, -0.2) is 9.97 Å². The molecule has 0 N–H and O–H groups in total. The summed E-state index contributed by atoms with van der Waals surface area (Å²) in [7, 11) is -3.11. The van der Waals surface area contributed by atoms with E-state index in [0.717, 1.165) is 11.3 Å². The van der Waals surface area contributed by atoms with Gasteiger partial charge < -0.3 is 8.47 Å². The zero-order valence-electron chi connectivity index (χ0n) is 22.5. The van der Waals surface area contributed by atoms with Crippen molar-refractivity contribution in [1.29, 1.82) is 0 Å². The third-order valence-corrected chi connectivity index (χ3v) is 18.5. The van der Waals surface area contributed by atoms with Crippen molar-refractivity contribution in [1.82, 2.24) is 18.4 Å². The van der Waals surface area contributed by atoms with Crippen LogP contribution >= 0.6 is 0 Å². The molecule has 0 amide bonds. The van der Waals surface area contributed by atoms with E-state index in [9.17, 15) is 0 Å². The fourth-order valence-electron chi connectivity index (χ4n) is 3.79. The lowest BCUT2D eigenvalue weighted by molar-refractivity contribution is 0.702. The molecule has 0 saturated carbocycles. The van der Waals surface area contributed by atoms with Gasteiger partial charge in [-0.1, -0.05) is 67.7 Å². The minimum absolute atomic E-state index is 0.322. The fourth-order valence-corrected chi connectivity index (χ4v) is 7.62.